The first-order valence-electron chi connectivity index (χ1n) is 7.75. The van der Waals surface area contributed by atoms with Crippen molar-refractivity contribution in [2.24, 2.45) is 0 Å². The van der Waals surface area contributed by atoms with E-state index in [4.69, 9.17) is 0 Å². The van der Waals surface area contributed by atoms with E-state index in [1.54, 1.807) is 31.2 Å². The summed E-state index contributed by atoms with van der Waals surface area (Å²) in [5, 5.41) is 11.8. The Morgan fingerprint density at radius 2 is 1.81 bits per heavy atom. The smallest absolute Gasteiger partial charge is 0.335 e. The molecule has 2 aromatic rings. The molecule has 0 radical (unpaired) electrons. The maximum absolute atomic E-state index is 12.9. The summed E-state index contributed by atoms with van der Waals surface area (Å²) in [4.78, 5) is 38.2. The Balaban J connectivity index is 2.05. The number of nitrogens with one attached hydrogen (secondary N) is 1. The molecule has 0 saturated carbocycles. The molecule has 2 N–H and O–H groups in total. The Morgan fingerprint density at radius 1 is 1.08 bits per heavy atom. The number of barbiturate groups is 1. The second-order valence-electron chi connectivity index (χ2n) is 5.96. The van der Waals surface area contributed by atoms with Crippen molar-refractivity contribution in [1.29, 1.82) is 0 Å². The Labute approximate surface area is 158 Å². The van der Waals surface area contributed by atoms with Gasteiger partial charge in [0.05, 0.1) is 10.2 Å². The molecule has 26 heavy (non-hydrogen) atoms. The molecule has 4 amide bonds. The van der Waals surface area contributed by atoms with Crippen molar-refractivity contribution in [3.8, 4) is 5.75 Å². The number of carbonyl (C=O) groups excluding carboxylic acids is 3. The van der Waals surface area contributed by atoms with Crippen LogP contribution in [-0.2, 0) is 9.59 Å². The highest BCUT2D eigenvalue weighted by Gasteiger charge is 2.37. The SMILES string of the molecule is Cc1ccc(N2C(=O)NC(=O)/C(=C\c3ccc(O)c(Br)c3)C2=O)c(C)c1. The highest BCUT2D eigenvalue weighted by atomic mass is 79.9. The van der Waals surface area contributed by atoms with Gasteiger partial charge < -0.3 is 5.11 Å². The van der Waals surface area contributed by atoms with Crippen LogP contribution in [0.1, 0.15) is 16.7 Å². The first kappa shape index (κ1) is 17.9. The van der Waals surface area contributed by atoms with Gasteiger partial charge in [0.1, 0.15) is 11.3 Å². The van der Waals surface area contributed by atoms with Gasteiger partial charge in [-0.25, -0.2) is 9.69 Å². The van der Waals surface area contributed by atoms with E-state index >= 15 is 0 Å². The van der Waals surface area contributed by atoms with Crippen LogP contribution in [0.5, 0.6) is 5.75 Å². The summed E-state index contributed by atoms with van der Waals surface area (Å²) in [6.07, 6.45) is 1.38. The summed E-state index contributed by atoms with van der Waals surface area (Å²) in [6, 6.07) is 9.11. The Morgan fingerprint density at radius 3 is 2.46 bits per heavy atom. The minimum atomic E-state index is -0.781. The zero-order chi connectivity index (χ0) is 19.0. The fourth-order valence-electron chi connectivity index (χ4n) is 2.71. The molecule has 1 aliphatic heterocycles. The van der Waals surface area contributed by atoms with Crippen molar-refractivity contribution >= 4 is 45.5 Å². The van der Waals surface area contributed by atoms with E-state index in [-0.39, 0.29) is 11.3 Å². The van der Waals surface area contributed by atoms with Crippen LogP contribution in [0.3, 0.4) is 0 Å². The van der Waals surface area contributed by atoms with Crippen molar-refractivity contribution in [3.63, 3.8) is 0 Å². The van der Waals surface area contributed by atoms with Gasteiger partial charge in [-0.3, -0.25) is 14.9 Å². The summed E-state index contributed by atoms with van der Waals surface area (Å²) >= 11 is 3.19. The lowest BCUT2D eigenvalue weighted by Gasteiger charge is -2.27. The molecule has 1 saturated heterocycles. The number of phenolic OH excluding ortho intramolecular Hbond substituents is 1. The second-order valence-corrected chi connectivity index (χ2v) is 6.81. The van der Waals surface area contributed by atoms with E-state index in [1.165, 1.54) is 12.1 Å². The number of hydrogen-bond acceptors (Lipinski definition) is 4. The number of amides is 4. The number of rotatable bonds is 2. The Bertz CT molecular complexity index is 981. The molecular weight excluding hydrogens is 400 g/mol. The number of aromatic hydroxyl groups is 1. The number of carbonyl (C=O) groups is 3. The van der Waals surface area contributed by atoms with E-state index < -0.39 is 17.8 Å². The standard InChI is InChI=1S/C19H15BrN2O4/c1-10-3-5-15(11(2)7-10)22-18(25)13(17(24)21-19(22)26)8-12-4-6-16(23)14(20)9-12/h3-9,23H,1-2H3,(H,21,24,26)/b13-8+. The molecule has 7 heteroatoms. The number of phenols is 1. The number of hydrogen-bond donors (Lipinski definition) is 2. The van der Waals surface area contributed by atoms with Crippen molar-refractivity contribution < 1.29 is 19.5 Å². The minimum absolute atomic E-state index is 0.0404. The van der Waals surface area contributed by atoms with Crippen LogP contribution in [-0.4, -0.2) is 23.0 Å². The molecule has 0 spiro atoms. The van der Waals surface area contributed by atoms with Gasteiger partial charge in [-0.15, -0.1) is 0 Å². The number of halogens is 1. The highest BCUT2D eigenvalue weighted by Crippen LogP contribution is 2.28. The van der Waals surface area contributed by atoms with Gasteiger partial charge in [-0.05, 0) is 65.2 Å². The van der Waals surface area contributed by atoms with Crippen molar-refractivity contribution in [3.05, 3.63) is 63.1 Å². The van der Waals surface area contributed by atoms with Crippen molar-refractivity contribution in [2.75, 3.05) is 4.90 Å². The quantitative estimate of drug-likeness (QED) is 0.581. The maximum Gasteiger partial charge on any atom is 0.335 e. The molecule has 1 fully saturated rings. The van der Waals surface area contributed by atoms with Crippen molar-refractivity contribution in [1.82, 2.24) is 5.32 Å². The first-order chi connectivity index (χ1) is 12.3. The Hall–Kier alpha value is -2.93. The fraction of sp³-hybridized carbons (Fsp3) is 0.105. The molecule has 0 aliphatic carbocycles. The van der Waals surface area contributed by atoms with Gasteiger partial charge in [0.15, 0.2) is 0 Å². The average Bonchev–Trinajstić information content (AvgIpc) is 2.56. The molecule has 3 rings (SSSR count). The molecule has 2 aromatic carbocycles. The highest BCUT2D eigenvalue weighted by molar-refractivity contribution is 9.10. The predicted octanol–water partition coefficient (Wildman–Crippen LogP) is 3.44. The largest absolute Gasteiger partial charge is 0.507 e. The number of imide groups is 2. The van der Waals surface area contributed by atoms with Crippen LogP contribution in [0.15, 0.2) is 46.4 Å². The lowest BCUT2D eigenvalue weighted by atomic mass is 10.0. The van der Waals surface area contributed by atoms with Gasteiger partial charge in [-0.2, -0.15) is 0 Å². The second kappa shape index (κ2) is 6.76. The molecule has 132 valence electrons. The third-order valence-electron chi connectivity index (χ3n) is 3.98. The van der Waals surface area contributed by atoms with Gasteiger partial charge in [-0.1, -0.05) is 23.8 Å². The monoisotopic (exact) mass is 414 g/mol. The number of aryl methyl sites for hydroxylation is 2. The zero-order valence-corrected chi connectivity index (χ0v) is 15.6. The minimum Gasteiger partial charge on any atom is -0.507 e. The molecule has 0 aromatic heterocycles. The zero-order valence-electron chi connectivity index (χ0n) is 14.0. The molecule has 0 unspecified atom stereocenters. The number of nitrogens with zero attached hydrogens (tertiary/aromatic N) is 1. The summed E-state index contributed by atoms with van der Waals surface area (Å²) in [6.45, 7) is 3.70. The molecule has 1 heterocycles. The van der Waals surface area contributed by atoms with E-state index in [1.807, 2.05) is 13.0 Å². The Kier molecular flexibility index (Phi) is 4.65. The third kappa shape index (κ3) is 3.25. The van der Waals surface area contributed by atoms with Gasteiger partial charge in [0.2, 0.25) is 0 Å². The van der Waals surface area contributed by atoms with Crippen LogP contribution < -0.4 is 10.2 Å². The summed E-state index contributed by atoms with van der Waals surface area (Å²) in [5.41, 5.74) is 2.53. The topological polar surface area (TPSA) is 86.7 Å². The number of benzene rings is 2. The molecule has 0 bridgehead atoms. The normalized spacial score (nSPS) is 16.2. The fourth-order valence-corrected chi connectivity index (χ4v) is 3.11. The summed E-state index contributed by atoms with van der Waals surface area (Å²) in [7, 11) is 0. The van der Waals surface area contributed by atoms with Crippen LogP contribution in [0, 0.1) is 13.8 Å². The third-order valence-corrected chi connectivity index (χ3v) is 4.61. The number of urea groups is 1. The summed E-state index contributed by atoms with van der Waals surface area (Å²) in [5.74, 6) is -1.42. The van der Waals surface area contributed by atoms with Gasteiger partial charge in [0.25, 0.3) is 11.8 Å². The van der Waals surface area contributed by atoms with Gasteiger partial charge >= 0.3 is 6.03 Å². The van der Waals surface area contributed by atoms with Crippen LogP contribution in [0.25, 0.3) is 6.08 Å². The molecule has 6 nitrogen and oxygen atoms in total. The van der Waals surface area contributed by atoms with Crippen LogP contribution >= 0.6 is 15.9 Å². The van der Waals surface area contributed by atoms with E-state index in [2.05, 4.69) is 21.2 Å². The van der Waals surface area contributed by atoms with Crippen LogP contribution in [0.4, 0.5) is 10.5 Å². The molecule has 0 atom stereocenters. The van der Waals surface area contributed by atoms with Crippen molar-refractivity contribution in [2.45, 2.75) is 13.8 Å². The summed E-state index contributed by atoms with van der Waals surface area (Å²) < 4.78 is 0.429. The number of anilines is 1. The van der Waals surface area contributed by atoms with E-state index in [9.17, 15) is 19.5 Å². The lowest BCUT2D eigenvalue weighted by molar-refractivity contribution is -0.122. The first-order valence-corrected chi connectivity index (χ1v) is 8.54. The molecular formula is C19H15BrN2O4. The maximum atomic E-state index is 12.9. The average molecular weight is 415 g/mol. The van der Waals surface area contributed by atoms with E-state index in [0.29, 0.717) is 15.7 Å². The molecule has 1 aliphatic rings. The van der Waals surface area contributed by atoms with Crippen LogP contribution in [0.2, 0.25) is 0 Å². The van der Waals surface area contributed by atoms with E-state index in [0.717, 1.165) is 16.0 Å². The van der Waals surface area contributed by atoms with Gasteiger partial charge in [0, 0.05) is 0 Å². The predicted molar refractivity (Wildman–Crippen MR) is 101 cm³/mol. The lowest BCUT2D eigenvalue weighted by Crippen LogP contribution is -2.54.